The summed E-state index contributed by atoms with van der Waals surface area (Å²) in [6, 6.07) is 10.0. The zero-order valence-electron chi connectivity index (χ0n) is 27.9. The Morgan fingerprint density at radius 3 is 2.18 bits per heavy atom. The molecule has 1 fully saturated rings. The molecule has 0 amide bonds. The molecule has 254 valence electrons. The van der Waals surface area contributed by atoms with Crippen LogP contribution in [0.3, 0.4) is 0 Å². The minimum atomic E-state index is -0.945. The van der Waals surface area contributed by atoms with E-state index in [0.29, 0.717) is 13.2 Å². The Labute approximate surface area is 272 Å². The summed E-state index contributed by atoms with van der Waals surface area (Å²) in [5.41, 5.74) is 1.11. The molecule has 45 heavy (non-hydrogen) atoms. The van der Waals surface area contributed by atoms with Crippen LogP contribution in [0.2, 0.25) is 0 Å². The molecule has 8 nitrogen and oxygen atoms in total. The highest BCUT2D eigenvalue weighted by Crippen LogP contribution is 2.28. The summed E-state index contributed by atoms with van der Waals surface area (Å²) in [5, 5.41) is 11.0. The lowest BCUT2D eigenvalue weighted by atomic mass is 10.0. The quantitative estimate of drug-likeness (QED) is 0.0583. The molecule has 0 unspecified atom stereocenters. The van der Waals surface area contributed by atoms with Crippen molar-refractivity contribution in [3.63, 3.8) is 0 Å². The van der Waals surface area contributed by atoms with Gasteiger partial charge < -0.3 is 38.3 Å². The highest BCUT2D eigenvalue weighted by Gasteiger charge is 2.35. The van der Waals surface area contributed by atoms with Crippen LogP contribution < -0.4 is 0 Å². The lowest BCUT2D eigenvalue weighted by Gasteiger charge is -2.25. The van der Waals surface area contributed by atoms with Gasteiger partial charge in [0, 0.05) is 14.2 Å². The summed E-state index contributed by atoms with van der Waals surface area (Å²) in [6.07, 6.45) is 16.7. The topological polar surface area (TPSA) is 84.8 Å². The van der Waals surface area contributed by atoms with Crippen molar-refractivity contribution in [2.24, 2.45) is 0 Å². The Morgan fingerprint density at radius 2 is 1.47 bits per heavy atom. The molecule has 2 aliphatic rings. The van der Waals surface area contributed by atoms with Gasteiger partial charge in [0.15, 0.2) is 6.10 Å². The first-order chi connectivity index (χ1) is 22.1. The van der Waals surface area contributed by atoms with Crippen LogP contribution >= 0.6 is 0 Å². The summed E-state index contributed by atoms with van der Waals surface area (Å²) in [4.78, 5) is 0. The molecular formula is C37H58O8. The van der Waals surface area contributed by atoms with Gasteiger partial charge in [-0.05, 0) is 24.8 Å². The van der Waals surface area contributed by atoms with Crippen molar-refractivity contribution in [1.29, 1.82) is 0 Å². The van der Waals surface area contributed by atoms with E-state index in [0.717, 1.165) is 31.2 Å². The van der Waals surface area contributed by atoms with Crippen LogP contribution in [0.15, 0.2) is 42.5 Å². The molecule has 7 atom stereocenters. The van der Waals surface area contributed by atoms with Crippen LogP contribution in [0.4, 0.5) is 0 Å². The van der Waals surface area contributed by atoms with E-state index < -0.39 is 18.3 Å². The van der Waals surface area contributed by atoms with Gasteiger partial charge in [-0.25, -0.2) is 0 Å². The van der Waals surface area contributed by atoms with Gasteiger partial charge in [0.2, 0.25) is 0 Å². The maximum atomic E-state index is 11.0. The van der Waals surface area contributed by atoms with Crippen LogP contribution in [-0.4, -0.2) is 82.2 Å². The van der Waals surface area contributed by atoms with E-state index in [4.69, 9.17) is 33.2 Å². The third kappa shape index (κ3) is 15.1. The molecule has 8 heteroatoms. The van der Waals surface area contributed by atoms with Gasteiger partial charge in [-0.15, -0.1) is 0 Å². The number of methoxy groups -OCH3 is 2. The largest absolute Gasteiger partial charge is 0.378 e. The minimum Gasteiger partial charge on any atom is -0.378 e. The molecule has 0 bridgehead atoms. The zero-order valence-corrected chi connectivity index (χ0v) is 27.9. The lowest BCUT2D eigenvalue weighted by Crippen LogP contribution is -2.33. The average molecular weight is 631 g/mol. The predicted molar refractivity (Wildman–Crippen MR) is 176 cm³/mol. The molecule has 1 saturated heterocycles. The van der Waals surface area contributed by atoms with Crippen molar-refractivity contribution in [3.8, 4) is 11.8 Å². The Balaban J connectivity index is 1.41. The standard InChI is InChI=1S/C37H58O8/c1-4-5-6-7-8-9-10-11-12-16-19-34(42-28-39-2)37-25-24-33(45-37)32(38)21-23-35(43-29-40-3)36-22-20-31(44-36)27-41-26-30-17-14-13-15-18-30/h13-15,17-18,20,22,31-38H,4-12,16,19,24-29H2,1-3H3/t31-,32+,33+,34+,35-,36-,37+/m0/s1. The third-order valence-electron chi connectivity index (χ3n) is 8.37. The first-order valence-corrected chi connectivity index (χ1v) is 17.2. The van der Waals surface area contributed by atoms with E-state index in [-0.39, 0.29) is 38.0 Å². The number of hydrogen-bond donors (Lipinski definition) is 1. The van der Waals surface area contributed by atoms with Gasteiger partial charge in [0.25, 0.3) is 0 Å². The highest BCUT2D eigenvalue weighted by atomic mass is 16.7. The number of benzene rings is 1. The van der Waals surface area contributed by atoms with Gasteiger partial charge >= 0.3 is 0 Å². The Kier molecular flexibility index (Phi) is 19.7. The number of rotatable bonds is 24. The molecule has 3 rings (SSSR count). The van der Waals surface area contributed by atoms with Gasteiger partial charge in [-0.1, -0.05) is 125 Å². The first-order valence-electron chi connectivity index (χ1n) is 17.2. The van der Waals surface area contributed by atoms with Crippen molar-refractivity contribution >= 4 is 0 Å². The molecule has 0 spiro atoms. The molecule has 0 aromatic heterocycles. The minimum absolute atomic E-state index is 0.0555. The Morgan fingerprint density at radius 1 is 0.800 bits per heavy atom. The van der Waals surface area contributed by atoms with E-state index in [1.54, 1.807) is 14.2 Å². The zero-order chi connectivity index (χ0) is 32.0. The van der Waals surface area contributed by atoms with Gasteiger partial charge in [-0.2, -0.15) is 0 Å². The van der Waals surface area contributed by atoms with Crippen molar-refractivity contribution in [2.75, 3.05) is 34.4 Å². The predicted octanol–water partition coefficient (Wildman–Crippen LogP) is 6.73. The normalized spacial score (nSPS) is 23.1. The smallest absolute Gasteiger partial charge is 0.150 e. The third-order valence-corrected chi connectivity index (χ3v) is 8.37. The highest BCUT2D eigenvalue weighted by molar-refractivity contribution is 5.19. The molecule has 0 aliphatic carbocycles. The van der Waals surface area contributed by atoms with Crippen molar-refractivity contribution in [2.45, 2.75) is 140 Å². The number of hydrogen-bond acceptors (Lipinski definition) is 8. The summed E-state index contributed by atoms with van der Waals surface area (Å²) in [5.74, 6) is 6.05. The molecule has 0 saturated carbocycles. The molecule has 2 aliphatic heterocycles. The van der Waals surface area contributed by atoms with Crippen LogP contribution in [0, 0.1) is 11.8 Å². The molecule has 1 N–H and O–H groups in total. The van der Waals surface area contributed by atoms with E-state index in [1.165, 1.54) is 57.8 Å². The average Bonchev–Trinajstić information content (AvgIpc) is 3.75. The number of unbranched alkanes of at least 4 members (excludes halogenated alkanes) is 9. The summed E-state index contributed by atoms with van der Waals surface area (Å²) in [6.45, 7) is 3.52. The second-order valence-corrected chi connectivity index (χ2v) is 12.1. The second-order valence-electron chi connectivity index (χ2n) is 12.1. The molecule has 1 aromatic rings. The van der Waals surface area contributed by atoms with Crippen molar-refractivity contribution in [1.82, 2.24) is 0 Å². The fourth-order valence-electron chi connectivity index (χ4n) is 5.84. The molecule has 0 radical (unpaired) electrons. The van der Waals surface area contributed by atoms with E-state index in [9.17, 15) is 5.11 Å². The van der Waals surface area contributed by atoms with Gasteiger partial charge in [-0.3, -0.25) is 0 Å². The van der Waals surface area contributed by atoms with Crippen LogP contribution in [-0.2, 0) is 39.8 Å². The summed E-state index contributed by atoms with van der Waals surface area (Å²) >= 11 is 0. The molecule has 1 aromatic carbocycles. The maximum absolute atomic E-state index is 11.0. The Hall–Kier alpha value is -1.80. The maximum Gasteiger partial charge on any atom is 0.150 e. The fraction of sp³-hybridized carbons (Fsp3) is 0.730. The Bertz CT molecular complexity index is 960. The van der Waals surface area contributed by atoms with Crippen molar-refractivity contribution < 1.29 is 38.3 Å². The van der Waals surface area contributed by atoms with Crippen molar-refractivity contribution in [3.05, 3.63) is 48.0 Å². The van der Waals surface area contributed by atoms with E-state index in [2.05, 4.69) is 18.8 Å². The van der Waals surface area contributed by atoms with Gasteiger partial charge in [0.05, 0.1) is 37.6 Å². The summed E-state index contributed by atoms with van der Waals surface area (Å²) < 4.78 is 40.4. The monoisotopic (exact) mass is 630 g/mol. The van der Waals surface area contributed by atoms with Crippen LogP contribution in [0.1, 0.15) is 96.0 Å². The number of ether oxygens (including phenoxy) is 7. The lowest BCUT2D eigenvalue weighted by molar-refractivity contribution is -0.134. The number of aliphatic hydroxyl groups excluding tert-OH is 1. The number of aliphatic hydroxyl groups is 1. The fourth-order valence-corrected chi connectivity index (χ4v) is 5.84. The summed E-state index contributed by atoms with van der Waals surface area (Å²) in [7, 11) is 3.20. The molecular weight excluding hydrogens is 572 g/mol. The molecule has 2 heterocycles. The first kappa shape index (κ1) is 37.7. The van der Waals surface area contributed by atoms with E-state index >= 15 is 0 Å². The van der Waals surface area contributed by atoms with Crippen LogP contribution in [0.5, 0.6) is 0 Å². The van der Waals surface area contributed by atoms with Gasteiger partial charge in [0.1, 0.15) is 25.8 Å². The SMILES string of the molecule is CCCCCCCCCCCC[C@@H](OCOC)[C@H]1CC[C@H]([C@H](O)C#C[C@H](OCOC)[C@@H]2C=C[C@@H](COCc3ccccc3)O2)O1. The van der Waals surface area contributed by atoms with E-state index in [1.807, 2.05) is 42.5 Å². The van der Waals surface area contributed by atoms with Crippen LogP contribution in [0.25, 0.3) is 0 Å². The second kappa shape index (κ2) is 23.5.